The predicted octanol–water partition coefficient (Wildman–Crippen LogP) is 3.13. The second kappa shape index (κ2) is 11.5. The zero-order chi connectivity index (χ0) is 28.2. The van der Waals surface area contributed by atoms with Crippen LogP contribution in [0.15, 0.2) is 60.8 Å². The number of methoxy groups -OCH3 is 1. The van der Waals surface area contributed by atoms with Crippen molar-refractivity contribution in [2.45, 2.75) is 6.54 Å². The molecule has 0 spiro atoms. The van der Waals surface area contributed by atoms with Gasteiger partial charge in [0.2, 0.25) is 11.7 Å². The summed E-state index contributed by atoms with van der Waals surface area (Å²) in [6.45, 7) is 0.594. The maximum Gasteiger partial charge on any atom is 0.340 e. The Morgan fingerprint density at radius 3 is 2.58 bits per heavy atom. The minimum absolute atomic E-state index is 0.0178. The second-order valence-electron chi connectivity index (χ2n) is 8.70. The molecule has 0 radical (unpaired) electrons. The molecule has 1 saturated heterocycles. The molecule has 1 aliphatic rings. The molecule has 0 saturated carbocycles. The fourth-order valence-electron chi connectivity index (χ4n) is 4.23. The van der Waals surface area contributed by atoms with Crippen LogP contribution in [0.25, 0.3) is 11.0 Å². The average molecular weight is 563 g/mol. The summed E-state index contributed by atoms with van der Waals surface area (Å²) >= 11 is 5.87. The van der Waals surface area contributed by atoms with Gasteiger partial charge in [-0.3, -0.25) is 14.4 Å². The lowest BCUT2D eigenvalue weighted by atomic mass is 10.2. The Morgan fingerprint density at radius 1 is 1.07 bits per heavy atom. The molecule has 5 rings (SSSR count). The van der Waals surface area contributed by atoms with Crippen molar-refractivity contribution < 1.29 is 28.7 Å². The highest BCUT2D eigenvalue weighted by Crippen LogP contribution is 2.24. The Hall–Kier alpha value is -4.81. The van der Waals surface area contributed by atoms with Gasteiger partial charge in [0, 0.05) is 24.1 Å². The monoisotopic (exact) mass is 562 g/mol. The zero-order valence-corrected chi connectivity index (χ0v) is 22.0. The first-order chi connectivity index (χ1) is 19.3. The molecule has 1 fully saturated rings. The lowest BCUT2D eigenvalue weighted by Crippen LogP contribution is -2.41. The summed E-state index contributed by atoms with van der Waals surface area (Å²) in [6.07, 6.45) is 1.39. The number of para-hydroxylation sites is 1. The molecule has 0 atom stereocenters. The van der Waals surface area contributed by atoms with Crippen LogP contribution in [0.1, 0.15) is 21.0 Å². The third-order valence-corrected chi connectivity index (χ3v) is 6.33. The SMILES string of the molecule is COC(=O)c1cccc2c1nc(C(=O)Nc1ccc(N3CCOCC3=O)cc1)n2CC(=O)Nc1ccc(Cl)cn1. The van der Waals surface area contributed by atoms with Gasteiger partial charge in [0.05, 0.1) is 29.8 Å². The number of carbonyl (C=O) groups is 4. The van der Waals surface area contributed by atoms with Crippen LogP contribution in [0, 0.1) is 0 Å². The largest absolute Gasteiger partial charge is 0.465 e. The Morgan fingerprint density at radius 2 is 1.88 bits per heavy atom. The highest BCUT2D eigenvalue weighted by Gasteiger charge is 2.24. The number of nitrogens with one attached hydrogen (secondary N) is 2. The van der Waals surface area contributed by atoms with Crippen LogP contribution in [-0.4, -0.2) is 65.1 Å². The Kier molecular flexibility index (Phi) is 7.71. The number of anilines is 3. The minimum atomic E-state index is -0.634. The van der Waals surface area contributed by atoms with E-state index in [1.165, 1.54) is 23.9 Å². The molecular formula is C27H23ClN6O6. The molecule has 12 nitrogen and oxygen atoms in total. The molecule has 0 bridgehead atoms. The minimum Gasteiger partial charge on any atom is -0.465 e. The van der Waals surface area contributed by atoms with E-state index in [1.807, 2.05) is 0 Å². The standard InChI is InChI=1S/C27H23ClN6O6/c1-39-27(38)19-3-2-4-20-24(19)32-25(34(20)14-22(35)31-21-10-5-16(28)13-29-21)26(37)30-17-6-8-18(9-7-17)33-11-12-40-15-23(33)36/h2-10,13H,11-12,14-15H2,1H3,(H,30,37)(H,29,31,35). The molecule has 3 amide bonds. The first kappa shape index (κ1) is 26.8. The highest BCUT2D eigenvalue weighted by molar-refractivity contribution is 6.30. The van der Waals surface area contributed by atoms with E-state index in [-0.39, 0.29) is 41.8 Å². The molecule has 40 heavy (non-hydrogen) atoms. The zero-order valence-electron chi connectivity index (χ0n) is 21.2. The number of hydrogen-bond donors (Lipinski definition) is 2. The number of nitrogens with zero attached hydrogens (tertiary/aromatic N) is 4. The highest BCUT2D eigenvalue weighted by atomic mass is 35.5. The van der Waals surface area contributed by atoms with E-state index >= 15 is 0 Å². The number of fused-ring (bicyclic) bond motifs is 1. The molecule has 2 aromatic carbocycles. The van der Waals surface area contributed by atoms with Crippen molar-refractivity contribution in [2.75, 3.05) is 42.4 Å². The van der Waals surface area contributed by atoms with E-state index in [0.29, 0.717) is 35.1 Å². The second-order valence-corrected chi connectivity index (χ2v) is 9.13. The fraction of sp³-hybridized carbons (Fsp3) is 0.185. The van der Waals surface area contributed by atoms with Crippen LogP contribution >= 0.6 is 11.6 Å². The van der Waals surface area contributed by atoms with Crippen LogP contribution in [-0.2, 0) is 25.6 Å². The number of carbonyl (C=O) groups excluding carboxylic acids is 4. The van der Waals surface area contributed by atoms with E-state index in [9.17, 15) is 19.2 Å². The van der Waals surface area contributed by atoms with Crippen molar-refractivity contribution in [2.24, 2.45) is 0 Å². The van der Waals surface area contributed by atoms with E-state index in [2.05, 4.69) is 20.6 Å². The van der Waals surface area contributed by atoms with Crippen LogP contribution < -0.4 is 15.5 Å². The van der Waals surface area contributed by atoms with Gasteiger partial charge < -0.3 is 29.6 Å². The number of imidazole rings is 1. The third kappa shape index (κ3) is 5.63. The van der Waals surface area contributed by atoms with Gasteiger partial charge in [0.25, 0.3) is 11.8 Å². The van der Waals surface area contributed by atoms with Crippen LogP contribution in [0.4, 0.5) is 17.2 Å². The van der Waals surface area contributed by atoms with Crippen LogP contribution in [0.3, 0.4) is 0 Å². The number of morpholine rings is 1. The third-order valence-electron chi connectivity index (χ3n) is 6.11. The summed E-state index contributed by atoms with van der Waals surface area (Å²) < 4.78 is 11.4. The quantitative estimate of drug-likeness (QED) is 0.327. The average Bonchev–Trinajstić information content (AvgIpc) is 3.33. The van der Waals surface area contributed by atoms with Crippen molar-refractivity contribution in [3.8, 4) is 0 Å². The number of halogens is 1. The summed E-state index contributed by atoms with van der Waals surface area (Å²) in [5.41, 5.74) is 1.85. The first-order valence-corrected chi connectivity index (χ1v) is 12.5. The van der Waals surface area contributed by atoms with Gasteiger partial charge in [-0.05, 0) is 48.5 Å². The molecule has 4 aromatic rings. The lowest BCUT2D eigenvalue weighted by molar-refractivity contribution is -0.125. The van der Waals surface area contributed by atoms with Crippen molar-refractivity contribution in [3.63, 3.8) is 0 Å². The molecule has 2 N–H and O–H groups in total. The van der Waals surface area contributed by atoms with E-state index in [0.717, 1.165) is 0 Å². The lowest BCUT2D eigenvalue weighted by Gasteiger charge is -2.26. The molecule has 13 heteroatoms. The number of hydrogen-bond acceptors (Lipinski definition) is 8. The van der Waals surface area contributed by atoms with Gasteiger partial charge >= 0.3 is 5.97 Å². The topological polar surface area (TPSA) is 145 Å². The summed E-state index contributed by atoms with van der Waals surface area (Å²) in [4.78, 5) is 60.9. The van der Waals surface area contributed by atoms with Gasteiger partial charge in [-0.2, -0.15) is 0 Å². The maximum absolute atomic E-state index is 13.4. The van der Waals surface area contributed by atoms with Crippen molar-refractivity contribution in [3.05, 3.63) is 77.2 Å². The Balaban J connectivity index is 1.43. The normalized spacial score (nSPS) is 13.2. The number of ether oxygens (including phenoxy) is 2. The number of pyridine rings is 1. The number of aromatic nitrogens is 3. The number of benzene rings is 2. The number of esters is 1. The molecule has 2 aromatic heterocycles. The van der Waals surface area contributed by atoms with Crippen molar-refractivity contribution in [1.82, 2.24) is 14.5 Å². The smallest absolute Gasteiger partial charge is 0.340 e. The molecule has 0 unspecified atom stereocenters. The van der Waals surface area contributed by atoms with Gasteiger partial charge in [-0.15, -0.1) is 0 Å². The van der Waals surface area contributed by atoms with Crippen LogP contribution in [0.2, 0.25) is 5.02 Å². The molecule has 204 valence electrons. The van der Waals surface area contributed by atoms with Crippen molar-refractivity contribution >= 4 is 63.5 Å². The molecule has 3 heterocycles. The van der Waals surface area contributed by atoms with Crippen LogP contribution in [0.5, 0.6) is 0 Å². The van der Waals surface area contributed by atoms with E-state index < -0.39 is 17.8 Å². The fourth-order valence-corrected chi connectivity index (χ4v) is 4.35. The van der Waals surface area contributed by atoms with Gasteiger partial charge in [-0.25, -0.2) is 14.8 Å². The van der Waals surface area contributed by atoms with Gasteiger partial charge in [0.15, 0.2) is 0 Å². The summed E-state index contributed by atoms with van der Waals surface area (Å²) in [6, 6.07) is 14.6. The Labute approximate surface area is 232 Å². The van der Waals surface area contributed by atoms with Gasteiger partial charge in [-0.1, -0.05) is 17.7 Å². The summed E-state index contributed by atoms with van der Waals surface area (Å²) in [7, 11) is 1.24. The maximum atomic E-state index is 13.4. The molecule has 0 aliphatic carbocycles. The summed E-state index contributed by atoms with van der Waals surface area (Å²) in [5.74, 6) is -1.70. The van der Waals surface area contributed by atoms with E-state index in [1.54, 1.807) is 53.4 Å². The van der Waals surface area contributed by atoms with Gasteiger partial charge in [0.1, 0.15) is 24.5 Å². The first-order valence-electron chi connectivity index (χ1n) is 12.1. The number of amides is 3. The molecular weight excluding hydrogens is 540 g/mol. The van der Waals surface area contributed by atoms with E-state index in [4.69, 9.17) is 21.1 Å². The summed E-state index contributed by atoms with van der Waals surface area (Å²) in [5, 5.41) is 5.84. The number of rotatable bonds is 7. The predicted molar refractivity (Wildman–Crippen MR) is 147 cm³/mol. The molecule has 1 aliphatic heterocycles. The van der Waals surface area contributed by atoms with Crippen molar-refractivity contribution in [1.29, 1.82) is 0 Å². The Bertz CT molecular complexity index is 1600.